The molecule has 21 heavy (non-hydrogen) atoms. The van der Waals surface area contributed by atoms with Crippen LogP contribution >= 0.6 is 0 Å². The van der Waals surface area contributed by atoms with Crippen LogP contribution in [0.15, 0.2) is 11.6 Å². The first kappa shape index (κ1) is 19.6. The number of carboxylic acids is 1. The van der Waals surface area contributed by atoms with Gasteiger partial charge in [-0.15, -0.1) is 0 Å². The Morgan fingerprint density at radius 1 is 1.33 bits per heavy atom. The summed E-state index contributed by atoms with van der Waals surface area (Å²) in [5.74, 6) is -0.912. The lowest BCUT2D eigenvalue weighted by atomic mass is 9.94. The molecule has 0 amide bonds. The van der Waals surface area contributed by atoms with Crippen LogP contribution in [-0.2, 0) is 14.3 Å². The predicted molar refractivity (Wildman–Crippen MR) is 80.8 cm³/mol. The predicted octanol–water partition coefficient (Wildman–Crippen LogP) is 2.77. The first-order valence-electron chi connectivity index (χ1n) is 7.24. The van der Waals surface area contributed by atoms with Crippen molar-refractivity contribution in [3.8, 4) is 0 Å². The first-order valence-corrected chi connectivity index (χ1v) is 7.24. The van der Waals surface area contributed by atoms with Gasteiger partial charge < -0.3 is 14.9 Å². The van der Waals surface area contributed by atoms with Gasteiger partial charge in [-0.05, 0) is 32.6 Å². The second kappa shape index (κ2) is 7.59. The normalized spacial score (nSPS) is 23.1. The zero-order valence-electron chi connectivity index (χ0n) is 13.9. The van der Waals surface area contributed by atoms with E-state index in [2.05, 4.69) is 0 Å². The van der Waals surface area contributed by atoms with Crippen molar-refractivity contribution in [2.45, 2.75) is 60.5 Å². The molecule has 5 heteroatoms. The second-order valence-corrected chi connectivity index (χ2v) is 6.38. The number of hydrogen-bond donors (Lipinski definition) is 2. The third-order valence-electron chi connectivity index (χ3n) is 3.58. The van der Waals surface area contributed by atoms with Crippen LogP contribution in [0.4, 0.5) is 0 Å². The summed E-state index contributed by atoms with van der Waals surface area (Å²) in [6, 6.07) is 0. The van der Waals surface area contributed by atoms with Gasteiger partial charge in [-0.2, -0.15) is 0 Å². The molecule has 5 nitrogen and oxygen atoms in total. The average molecular weight is 300 g/mol. The van der Waals surface area contributed by atoms with Crippen molar-refractivity contribution < 1.29 is 24.5 Å². The third-order valence-corrected chi connectivity index (χ3v) is 3.58. The van der Waals surface area contributed by atoms with Crippen molar-refractivity contribution in [2.24, 2.45) is 10.8 Å². The summed E-state index contributed by atoms with van der Waals surface area (Å²) < 4.78 is 4.76. The number of aliphatic hydroxyl groups excluding tert-OH is 1. The number of aliphatic carboxylic acids is 1. The number of carboxylic acid groups (broad SMARTS) is 1. The van der Waals surface area contributed by atoms with Crippen molar-refractivity contribution in [1.29, 1.82) is 0 Å². The first-order chi connectivity index (χ1) is 9.52. The molecular formula is C16H28O5. The van der Waals surface area contributed by atoms with Crippen LogP contribution in [0.1, 0.15) is 54.4 Å². The summed E-state index contributed by atoms with van der Waals surface area (Å²) in [7, 11) is 0. The van der Waals surface area contributed by atoms with E-state index in [0.717, 1.165) is 5.57 Å². The van der Waals surface area contributed by atoms with E-state index in [-0.39, 0.29) is 24.1 Å². The van der Waals surface area contributed by atoms with Crippen LogP contribution in [0, 0.1) is 10.8 Å². The summed E-state index contributed by atoms with van der Waals surface area (Å²) >= 11 is 0. The van der Waals surface area contributed by atoms with E-state index in [1.165, 1.54) is 0 Å². The number of carbonyl (C=O) groups is 2. The van der Waals surface area contributed by atoms with Gasteiger partial charge in [-0.25, -0.2) is 0 Å². The number of hydrogen-bond acceptors (Lipinski definition) is 4. The topological polar surface area (TPSA) is 83.8 Å². The zero-order chi connectivity index (χ0) is 16.8. The number of esters is 1. The molecule has 0 aromatic rings. The summed E-state index contributed by atoms with van der Waals surface area (Å²) in [6.45, 7) is 11.0. The Bertz CT molecular complexity index is 409. The molecule has 1 saturated carbocycles. The molecule has 1 fully saturated rings. The molecule has 1 aliphatic rings. The van der Waals surface area contributed by atoms with Gasteiger partial charge in [0.25, 0.3) is 0 Å². The van der Waals surface area contributed by atoms with Crippen molar-refractivity contribution in [2.75, 3.05) is 6.61 Å². The second-order valence-electron chi connectivity index (χ2n) is 6.38. The molecule has 1 aliphatic carbocycles. The van der Waals surface area contributed by atoms with E-state index in [4.69, 9.17) is 14.9 Å². The lowest BCUT2D eigenvalue weighted by Crippen LogP contribution is -2.19. The highest BCUT2D eigenvalue weighted by Gasteiger charge is 2.65. The maximum atomic E-state index is 11.0. The summed E-state index contributed by atoms with van der Waals surface area (Å²) in [5, 5.41) is 17.9. The van der Waals surface area contributed by atoms with E-state index < -0.39 is 11.4 Å². The standard InChI is InChI=1S/C10H16O3.C6H12O2/c1-7(5-11)4-10(8(12)13)6-9(10,2)3;1-4-6(7)8-5(2)3/h4,11H,5-6H2,1-3H3,(H,12,13);5H,4H2,1-3H3/b7-4+;. The van der Waals surface area contributed by atoms with Crippen molar-refractivity contribution >= 4 is 11.9 Å². The van der Waals surface area contributed by atoms with Crippen LogP contribution in [0.25, 0.3) is 0 Å². The Labute approximate surface area is 127 Å². The lowest BCUT2D eigenvalue weighted by molar-refractivity contribution is -0.147. The van der Waals surface area contributed by atoms with Crippen LogP contribution in [0.3, 0.4) is 0 Å². The van der Waals surface area contributed by atoms with Crippen LogP contribution in [0.2, 0.25) is 0 Å². The van der Waals surface area contributed by atoms with Gasteiger partial charge in [0.2, 0.25) is 0 Å². The fourth-order valence-electron chi connectivity index (χ4n) is 2.14. The Kier molecular flexibility index (Phi) is 7.10. The highest BCUT2D eigenvalue weighted by Crippen LogP contribution is 2.64. The molecule has 0 radical (unpaired) electrons. The monoisotopic (exact) mass is 300 g/mol. The summed E-state index contributed by atoms with van der Waals surface area (Å²) in [5.41, 5.74) is -0.178. The third kappa shape index (κ3) is 5.50. The van der Waals surface area contributed by atoms with Crippen molar-refractivity contribution in [3.63, 3.8) is 0 Å². The molecule has 0 aromatic carbocycles. The van der Waals surface area contributed by atoms with E-state index in [1.807, 2.05) is 27.7 Å². The van der Waals surface area contributed by atoms with Gasteiger partial charge in [0.15, 0.2) is 0 Å². The highest BCUT2D eigenvalue weighted by molar-refractivity contribution is 5.82. The molecule has 0 aromatic heterocycles. The van der Waals surface area contributed by atoms with Crippen LogP contribution < -0.4 is 0 Å². The van der Waals surface area contributed by atoms with E-state index in [1.54, 1.807) is 19.9 Å². The maximum Gasteiger partial charge on any atom is 0.314 e. The van der Waals surface area contributed by atoms with Gasteiger partial charge in [-0.3, -0.25) is 9.59 Å². The number of carbonyl (C=O) groups excluding carboxylic acids is 1. The van der Waals surface area contributed by atoms with E-state index in [9.17, 15) is 9.59 Å². The van der Waals surface area contributed by atoms with Crippen molar-refractivity contribution in [1.82, 2.24) is 0 Å². The van der Waals surface area contributed by atoms with Crippen molar-refractivity contribution in [3.05, 3.63) is 11.6 Å². The number of ether oxygens (including phenoxy) is 1. The molecule has 0 spiro atoms. The minimum Gasteiger partial charge on any atom is -0.481 e. The van der Waals surface area contributed by atoms with Gasteiger partial charge >= 0.3 is 11.9 Å². The average Bonchev–Trinajstić information content (AvgIpc) is 2.92. The van der Waals surface area contributed by atoms with Crippen LogP contribution in [0.5, 0.6) is 0 Å². The van der Waals surface area contributed by atoms with Gasteiger partial charge in [0, 0.05) is 6.42 Å². The quantitative estimate of drug-likeness (QED) is 0.602. The van der Waals surface area contributed by atoms with Gasteiger partial charge in [0.1, 0.15) is 0 Å². The van der Waals surface area contributed by atoms with Gasteiger partial charge in [0.05, 0.1) is 18.1 Å². The lowest BCUT2D eigenvalue weighted by Gasteiger charge is -2.11. The summed E-state index contributed by atoms with van der Waals surface area (Å²) in [6.07, 6.45) is 2.85. The molecule has 1 rings (SSSR count). The Balaban J connectivity index is 0.000000433. The maximum absolute atomic E-state index is 11.0. The van der Waals surface area contributed by atoms with Gasteiger partial charge in [-0.1, -0.05) is 32.4 Å². The Hall–Kier alpha value is -1.36. The molecule has 122 valence electrons. The molecule has 0 aliphatic heterocycles. The molecular weight excluding hydrogens is 272 g/mol. The SMILES string of the molecule is C/C(=C\C1(C(=O)O)CC1(C)C)CO.CCC(=O)OC(C)C. The largest absolute Gasteiger partial charge is 0.481 e. The molecule has 1 unspecified atom stereocenters. The van der Waals surface area contributed by atoms with Crippen LogP contribution in [-0.4, -0.2) is 34.9 Å². The minimum atomic E-state index is -0.787. The smallest absolute Gasteiger partial charge is 0.314 e. The minimum absolute atomic E-state index is 0.0300. The van der Waals surface area contributed by atoms with E-state index >= 15 is 0 Å². The Morgan fingerprint density at radius 3 is 2.00 bits per heavy atom. The summed E-state index contributed by atoms with van der Waals surface area (Å²) in [4.78, 5) is 21.4. The Morgan fingerprint density at radius 2 is 1.81 bits per heavy atom. The number of rotatable bonds is 5. The highest BCUT2D eigenvalue weighted by atomic mass is 16.5. The molecule has 0 saturated heterocycles. The fraction of sp³-hybridized carbons (Fsp3) is 0.750. The van der Waals surface area contributed by atoms with E-state index in [0.29, 0.717) is 12.8 Å². The molecule has 0 heterocycles. The number of aliphatic hydroxyl groups is 1. The zero-order valence-corrected chi connectivity index (χ0v) is 13.9. The molecule has 1 atom stereocenters. The molecule has 0 bridgehead atoms. The molecule has 2 N–H and O–H groups in total. The fourth-order valence-corrected chi connectivity index (χ4v) is 2.14.